The first-order valence-electron chi connectivity index (χ1n) is 7.52. The summed E-state index contributed by atoms with van der Waals surface area (Å²) in [5.74, 6) is 0.388. The fourth-order valence-corrected chi connectivity index (χ4v) is 4.06. The molecule has 1 amide bonds. The number of amides is 1. The van der Waals surface area contributed by atoms with Crippen molar-refractivity contribution >= 4 is 17.2 Å². The second-order valence-electron chi connectivity index (χ2n) is 5.73. The van der Waals surface area contributed by atoms with Crippen LogP contribution in [0.1, 0.15) is 15.4 Å². The van der Waals surface area contributed by atoms with E-state index in [4.69, 9.17) is 9.15 Å². The maximum absolute atomic E-state index is 12.6. The number of morpholine rings is 1. The average Bonchev–Trinajstić information content (AvgIpc) is 3.27. The molecule has 2 aromatic heterocycles. The molecule has 22 heavy (non-hydrogen) atoms. The molecule has 0 unspecified atom stereocenters. The molecule has 0 radical (unpaired) electrons. The predicted molar refractivity (Wildman–Crippen MR) is 82.9 cm³/mol. The maximum Gasteiger partial charge on any atom is 0.290 e. The van der Waals surface area contributed by atoms with Crippen molar-refractivity contribution in [3.8, 4) is 0 Å². The number of carbonyl (C=O) groups excluding carboxylic acids is 1. The Kier molecular flexibility index (Phi) is 3.73. The van der Waals surface area contributed by atoms with E-state index in [-0.39, 0.29) is 18.1 Å². The molecule has 4 heterocycles. The molecule has 0 N–H and O–H groups in total. The zero-order valence-corrected chi connectivity index (χ0v) is 13.0. The van der Waals surface area contributed by atoms with Crippen LogP contribution in [0.15, 0.2) is 40.3 Å². The predicted octanol–water partition coefficient (Wildman–Crippen LogP) is 2.07. The van der Waals surface area contributed by atoms with Crippen LogP contribution in [0.5, 0.6) is 0 Å². The SMILES string of the molecule is O=C(c1ccco1)N1CCO[C@H]2CN(Cc3cccs3)C[C@H]21. The van der Waals surface area contributed by atoms with Gasteiger partial charge in [0.1, 0.15) is 0 Å². The quantitative estimate of drug-likeness (QED) is 0.869. The first kappa shape index (κ1) is 14.0. The van der Waals surface area contributed by atoms with Crippen LogP contribution in [-0.4, -0.2) is 54.1 Å². The van der Waals surface area contributed by atoms with E-state index >= 15 is 0 Å². The van der Waals surface area contributed by atoms with Gasteiger partial charge in [-0.15, -0.1) is 11.3 Å². The Morgan fingerprint density at radius 2 is 2.27 bits per heavy atom. The number of likely N-dealkylation sites (tertiary alicyclic amines) is 1. The lowest BCUT2D eigenvalue weighted by Gasteiger charge is -2.36. The van der Waals surface area contributed by atoms with Gasteiger partial charge in [-0.25, -0.2) is 0 Å². The molecule has 2 fully saturated rings. The van der Waals surface area contributed by atoms with Crippen LogP contribution < -0.4 is 0 Å². The molecule has 0 saturated carbocycles. The number of furan rings is 1. The Balaban J connectivity index is 1.48. The van der Waals surface area contributed by atoms with Crippen LogP contribution in [0.3, 0.4) is 0 Å². The normalized spacial score (nSPS) is 25.4. The molecule has 6 heteroatoms. The molecule has 2 atom stereocenters. The molecular formula is C16H18N2O3S. The minimum Gasteiger partial charge on any atom is -0.459 e. The lowest BCUT2D eigenvalue weighted by Crippen LogP contribution is -2.53. The van der Waals surface area contributed by atoms with E-state index in [1.807, 2.05) is 4.90 Å². The number of fused-ring (bicyclic) bond motifs is 1. The van der Waals surface area contributed by atoms with Crippen molar-refractivity contribution in [2.24, 2.45) is 0 Å². The van der Waals surface area contributed by atoms with Crippen LogP contribution in [0.4, 0.5) is 0 Å². The van der Waals surface area contributed by atoms with Crippen LogP contribution in [0, 0.1) is 0 Å². The van der Waals surface area contributed by atoms with E-state index in [0.29, 0.717) is 18.9 Å². The van der Waals surface area contributed by atoms with Crippen LogP contribution in [0.2, 0.25) is 0 Å². The lowest BCUT2D eigenvalue weighted by atomic mass is 10.1. The van der Waals surface area contributed by atoms with Crippen molar-refractivity contribution in [2.45, 2.75) is 18.7 Å². The zero-order chi connectivity index (χ0) is 14.9. The first-order chi connectivity index (χ1) is 10.8. The van der Waals surface area contributed by atoms with Crippen molar-refractivity contribution in [1.29, 1.82) is 0 Å². The highest BCUT2D eigenvalue weighted by Gasteiger charge is 2.42. The molecule has 0 aromatic carbocycles. The largest absolute Gasteiger partial charge is 0.459 e. The van der Waals surface area contributed by atoms with Crippen molar-refractivity contribution in [3.05, 3.63) is 46.5 Å². The number of rotatable bonds is 3. The fourth-order valence-electron chi connectivity index (χ4n) is 3.31. The Morgan fingerprint density at radius 1 is 1.32 bits per heavy atom. The van der Waals surface area contributed by atoms with Gasteiger partial charge in [0.15, 0.2) is 5.76 Å². The zero-order valence-electron chi connectivity index (χ0n) is 12.2. The number of hydrogen-bond donors (Lipinski definition) is 0. The molecule has 2 aliphatic heterocycles. The summed E-state index contributed by atoms with van der Waals surface area (Å²) in [5.41, 5.74) is 0. The van der Waals surface area contributed by atoms with E-state index in [2.05, 4.69) is 22.4 Å². The minimum absolute atomic E-state index is 0.0266. The monoisotopic (exact) mass is 318 g/mol. The first-order valence-corrected chi connectivity index (χ1v) is 8.40. The summed E-state index contributed by atoms with van der Waals surface area (Å²) < 4.78 is 11.2. The highest BCUT2D eigenvalue weighted by atomic mass is 32.1. The van der Waals surface area contributed by atoms with Gasteiger partial charge < -0.3 is 14.1 Å². The fraction of sp³-hybridized carbons (Fsp3) is 0.438. The van der Waals surface area contributed by atoms with Gasteiger partial charge in [0, 0.05) is 31.1 Å². The van der Waals surface area contributed by atoms with E-state index in [1.165, 1.54) is 4.88 Å². The number of thiophene rings is 1. The van der Waals surface area contributed by atoms with Gasteiger partial charge in [-0.1, -0.05) is 6.07 Å². The molecule has 0 bridgehead atoms. The van der Waals surface area contributed by atoms with Crippen molar-refractivity contribution in [3.63, 3.8) is 0 Å². The van der Waals surface area contributed by atoms with Gasteiger partial charge in [0.25, 0.3) is 5.91 Å². The van der Waals surface area contributed by atoms with Gasteiger partial charge in [0.05, 0.1) is 25.0 Å². The molecule has 0 aliphatic carbocycles. The molecule has 4 rings (SSSR count). The number of hydrogen-bond acceptors (Lipinski definition) is 5. The number of ether oxygens (including phenoxy) is 1. The third kappa shape index (κ3) is 2.58. The van der Waals surface area contributed by atoms with E-state index in [1.54, 1.807) is 29.7 Å². The van der Waals surface area contributed by atoms with Crippen LogP contribution in [-0.2, 0) is 11.3 Å². The average molecular weight is 318 g/mol. The molecule has 2 aromatic rings. The second kappa shape index (κ2) is 5.87. The molecule has 116 valence electrons. The van der Waals surface area contributed by atoms with Gasteiger partial charge in [-0.3, -0.25) is 9.69 Å². The summed E-state index contributed by atoms with van der Waals surface area (Å²) in [6, 6.07) is 7.82. The maximum atomic E-state index is 12.6. The van der Waals surface area contributed by atoms with E-state index in [0.717, 1.165) is 19.6 Å². The smallest absolute Gasteiger partial charge is 0.290 e. The molecule has 2 saturated heterocycles. The summed E-state index contributed by atoms with van der Waals surface area (Å²) in [6.07, 6.45) is 1.65. The second-order valence-corrected chi connectivity index (χ2v) is 6.76. The molecular weight excluding hydrogens is 300 g/mol. The summed E-state index contributed by atoms with van der Waals surface area (Å²) in [4.78, 5) is 18.2. The van der Waals surface area contributed by atoms with Crippen molar-refractivity contribution in [1.82, 2.24) is 9.80 Å². The number of carbonyl (C=O) groups is 1. The Hall–Kier alpha value is -1.63. The molecule has 0 spiro atoms. The van der Waals surface area contributed by atoms with E-state index in [9.17, 15) is 4.79 Å². The standard InChI is InChI=1S/C16H18N2O3S/c19-16(14-4-1-6-20-14)18-5-7-21-15-11-17(10-13(15)18)9-12-3-2-8-22-12/h1-4,6,8,13,15H,5,7,9-11H2/t13-,15+/m1/s1. The van der Waals surface area contributed by atoms with E-state index < -0.39 is 0 Å². The summed E-state index contributed by atoms with van der Waals surface area (Å²) >= 11 is 1.77. The van der Waals surface area contributed by atoms with Gasteiger partial charge in [0.2, 0.25) is 0 Å². The Morgan fingerprint density at radius 3 is 3.05 bits per heavy atom. The summed E-state index contributed by atoms with van der Waals surface area (Å²) in [6.45, 7) is 3.89. The molecule has 5 nitrogen and oxygen atoms in total. The van der Waals surface area contributed by atoms with Crippen molar-refractivity contribution < 1.29 is 13.9 Å². The van der Waals surface area contributed by atoms with Crippen LogP contribution in [0.25, 0.3) is 0 Å². The third-order valence-electron chi connectivity index (χ3n) is 4.33. The van der Waals surface area contributed by atoms with Gasteiger partial charge in [-0.05, 0) is 23.6 Å². The lowest BCUT2D eigenvalue weighted by molar-refractivity contribution is -0.0380. The van der Waals surface area contributed by atoms with Crippen LogP contribution >= 0.6 is 11.3 Å². The summed E-state index contributed by atoms with van der Waals surface area (Å²) in [7, 11) is 0. The van der Waals surface area contributed by atoms with Gasteiger partial charge >= 0.3 is 0 Å². The van der Waals surface area contributed by atoms with Gasteiger partial charge in [-0.2, -0.15) is 0 Å². The molecule has 2 aliphatic rings. The number of nitrogens with zero attached hydrogens (tertiary/aromatic N) is 2. The topological polar surface area (TPSA) is 45.9 Å². The third-order valence-corrected chi connectivity index (χ3v) is 5.19. The van der Waals surface area contributed by atoms with Crippen molar-refractivity contribution in [2.75, 3.05) is 26.2 Å². The summed E-state index contributed by atoms with van der Waals surface area (Å²) in [5, 5.41) is 2.10. The highest BCUT2D eigenvalue weighted by Crippen LogP contribution is 2.26. The Bertz CT molecular complexity index is 626. The highest BCUT2D eigenvalue weighted by molar-refractivity contribution is 7.09. The minimum atomic E-state index is -0.0266. The Labute approximate surface area is 133 Å².